The van der Waals surface area contributed by atoms with Crippen LogP contribution >= 0.6 is 0 Å². The molecule has 3 aromatic carbocycles. The van der Waals surface area contributed by atoms with Crippen LogP contribution in [0.5, 0.6) is 23.0 Å². The molecule has 30 heavy (non-hydrogen) atoms. The molecule has 0 aliphatic carbocycles. The predicted octanol–water partition coefficient (Wildman–Crippen LogP) is 6.59. The zero-order valence-electron chi connectivity index (χ0n) is 17.4. The van der Waals surface area contributed by atoms with Crippen LogP contribution < -0.4 is 4.89 Å². The van der Waals surface area contributed by atoms with Gasteiger partial charge in [0.15, 0.2) is 17.2 Å². The molecule has 0 bridgehead atoms. The van der Waals surface area contributed by atoms with Gasteiger partial charge in [0.05, 0.1) is 7.11 Å². The lowest BCUT2D eigenvalue weighted by Gasteiger charge is -2.02. The Labute approximate surface area is 172 Å². The van der Waals surface area contributed by atoms with Crippen LogP contribution in [-0.2, 0) is 4.89 Å². The first-order chi connectivity index (χ1) is 14.5. The maximum absolute atomic E-state index is 9.98. The molecule has 0 unspecified atom stereocenters. The highest BCUT2D eigenvalue weighted by Crippen LogP contribution is 2.42. The van der Waals surface area contributed by atoms with E-state index in [1.54, 1.807) is 18.2 Å². The molecule has 7 nitrogen and oxygen atoms in total. The van der Waals surface area contributed by atoms with Gasteiger partial charge in [-0.25, -0.2) is 0 Å². The van der Waals surface area contributed by atoms with Crippen molar-refractivity contribution in [1.29, 1.82) is 0 Å². The molecule has 3 N–H and O–H groups in total. The highest BCUT2D eigenvalue weighted by Gasteiger charge is 2.17. The van der Waals surface area contributed by atoms with Gasteiger partial charge in [-0.3, -0.25) is 0 Å². The summed E-state index contributed by atoms with van der Waals surface area (Å²) in [5.41, 5.74) is 2.09. The molecule has 0 fully saturated rings. The molecule has 5 aromatic rings. The number of rotatable bonds is 2. The molecule has 5 rings (SSSR count). The van der Waals surface area contributed by atoms with Crippen molar-refractivity contribution in [2.75, 3.05) is 7.11 Å². The summed E-state index contributed by atoms with van der Waals surface area (Å²) in [6.07, 6.45) is 0. The molecule has 0 amide bonds. The van der Waals surface area contributed by atoms with Crippen molar-refractivity contribution in [3.05, 3.63) is 36.4 Å². The predicted molar refractivity (Wildman–Crippen MR) is 116 cm³/mol. The molecule has 0 saturated carbocycles. The van der Waals surface area contributed by atoms with Crippen LogP contribution in [0.15, 0.2) is 45.2 Å². The summed E-state index contributed by atoms with van der Waals surface area (Å²) >= 11 is 0. The van der Waals surface area contributed by atoms with Gasteiger partial charge in [0.2, 0.25) is 5.75 Å². The molecule has 0 spiro atoms. The number of hydrogen-bond acceptors (Lipinski definition) is 7. The molecule has 0 aliphatic rings. The first-order valence-corrected chi connectivity index (χ1v) is 9.73. The number of phenolic OH excluding ortho intramolecular Hbond substituents is 3. The summed E-state index contributed by atoms with van der Waals surface area (Å²) in [5.74, 6) is -0.408. The standard InChI is InChI=1S/C19H12O7.2C2H6/c1-23-26-19-5-11-10-4-15-9(3-16(10)25-18(11)7-14(19)22)8-2-12(20)13(21)6-17(8)24-15;2*1-2/h2-7,20-22H,1H3;2*1-2H3. The van der Waals surface area contributed by atoms with E-state index in [9.17, 15) is 15.3 Å². The van der Waals surface area contributed by atoms with E-state index in [0.29, 0.717) is 27.7 Å². The lowest BCUT2D eigenvalue weighted by molar-refractivity contribution is -0.179. The van der Waals surface area contributed by atoms with Crippen LogP contribution in [-0.4, -0.2) is 22.4 Å². The summed E-state index contributed by atoms with van der Waals surface area (Å²) in [4.78, 5) is 9.58. The molecule has 0 aliphatic heterocycles. The fraction of sp³-hybridized carbons (Fsp3) is 0.217. The van der Waals surface area contributed by atoms with E-state index in [1.807, 2.05) is 27.7 Å². The van der Waals surface area contributed by atoms with Crippen molar-refractivity contribution >= 4 is 43.9 Å². The Bertz CT molecular complexity index is 1330. The van der Waals surface area contributed by atoms with Gasteiger partial charge in [0.25, 0.3) is 0 Å². The topological polar surface area (TPSA) is 105 Å². The van der Waals surface area contributed by atoms with Crippen molar-refractivity contribution in [3.8, 4) is 23.0 Å². The normalized spacial score (nSPS) is 10.7. The van der Waals surface area contributed by atoms with Gasteiger partial charge in [0, 0.05) is 33.7 Å². The van der Waals surface area contributed by atoms with E-state index in [4.69, 9.17) is 13.7 Å². The average Bonchev–Trinajstić information content (AvgIpc) is 3.27. The Balaban J connectivity index is 0.000000606. The van der Waals surface area contributed by atoms with Gasteiger partial charge in [-0.2, -0.15) is 4.89 Å². The molecular formula is C23H24O7. The minimum Gasteiger partial charge on any atom is -0.504 e. The monoisotopic (exact) mass is 412 g/mol. The fourth-order valence-electron chi connectivity index (χ4n) is 3.24. The Morgan fingerprint density at radius 1 is 0.567 bits per heavy atom. The molecule has 0 saturated heterocycles. The van der Waals surface area contributed by atoms with Crippen LogP contribution in [0.3, 0.4) is 0 Å². The number of benzene rings is 3. The van der Waals surface area contributed by atoms with Gasteiger partial charge >= 0.3 is 0 Å². The molecule has 7 heteroatoms. The number of fused-ring (bicyclic) bond motifs is 6. The lowest BCUT2D eigenvalue weighted by Crippen LogP contribution is -1.90. The molecule has 0 radical (unpaired) electrons. The zero-order chi connectivity index (χ0) is 22.0. The van der Waals surface area contributed by atoms with Crippen LogP contribution in [0.25, 0.3) is 43.9 Å². The highest BCUT2D eigenvalue weighted by atomic mass is 17.2. The van der Waals surface area contributed by atoms with E-state index in [1.165, 1.54) is 25.3 Å². The average molecular weight is 412 g/mol. The quantitative estimate of drug-likeness (QED) is 0.170. The molecular weight excluding hydrogens is 388 g/mol. The second kappa shape index (κ2) is 8.42. The summed E-state index contributed by atoms with van der Waals surface area (Å²) in [6.45, 7) is 8.00. The van der Waals surface area contributed by atoms with Crippen molar-refractivity contribution in [2.45, 2.75) is 27.7 Å². The van der Waals surface area contributed by atoms with Crippen LogP contribution in [0.1, 0.15) is 27.7 Å². The summed E-state index contributed by atoms with van der Waals surface area (Å²) < 4.78 is 11.6. The number of aromatic hydroxyl groups is 3. The summed E-state index contributed by atoms with van der Waals surface area (Å²) in [5, 5.41) is 32.3. The van der Waals surface area contributed by atoms with Crippen molar-refractivity contribution < 1.29 is 33.9 Å². The number of hydrogen-bond donors (Lipinski definition) is 3. The van der Waals surface area contributed by atoms with Crippen LogP contribution in [0, 0.1) is 0 Å². The van der Waals surface area contributed by atoms with Gasteiger partial charge in [-0.1, -0.05) is 27.7 Å². The molecule has 2 aromatic heterocycles. The van der Waals surface area contributed by atoms with Gasteiger partial charge in [-0.15, -0.1) is 0 Å². The smallest absolute Gasteiger partial charge is 0.207 e. The number of furan rings is 2. The van der Waals surface area contributed by atoms with Gasteiger partial charge < -0.3 is 29.0 Å². The first-order valence-electron chi connectivity index (χ1n) is 9.73. The Morgan fingerprint density at radius 2 is 0.967 bits per heavy atom. The second-order valence-electron chi connectivity index (χ2n) is 5.95. The van der Waals surface area contributed by atoms with E-state index < -0.39 is 0 Å². The maximum Gasteiger partial charge on any atom is 0.207 e. The third kappa shape index (κ3) is 3.33. The largest absolute Gasteiger partial charge is 0.504 e. The van der Waals surface area contributed by atoms with Crippen molar-refractivity contribution in [3.63, 3.8) is 0 Å². The Hall–Kier alpha value is -3.58. The molecule has 158 valence electrons. The summed E-state index contributed by atoms with van der Waals surface area (Å²) in [6, 6.07) is 9.48. The van der Waals surface area contributed by atoms with Crippen molar-refractivity contribution in [1.82, 2.24) is 0 Å². The minimum absolute atomic E-state index is 0.104. The van der Waals surface area contributed by atoms with Gasteiger partial charge in [0.1, 0.15) is 22.3 Å². The maximum atomic E-state index is 9.98. The number of phenols is 3. The zero-order valence-corrected chi connectivity index (χ0v) is 17.4. The fourth-order valence-corrected chi connectivity index (χ4v) is 3.24. The van der Waals surface area contributed by atoms with Crippen LogP contribution in [0.2, 0.25) is 0 Å². The second-order valence-corrected chi connectivity index (χ2v) is 5.95. The third-order valence-corrected chi connectivity index (χ3v) is 4.41. The van der Waals surface area contributed by atoms with E-state index >= 15 is 0 Å². The van der Waals surface area contributed by atoms with E-state index in [2.05, 4.69) is 4.89 Å². The Morgan fingerprint density at radius 3 is 1.50 bits per heavy atom. The Kier molecular flexibility index (Phi) is 5.94. The highest BCUT2D eigenvalue weighted by molar-refractivity contribution is 6.15. The van der Waals surface area contributed by atoms with E-state index in [-0.39, 0.29) is 23.0 Å². The SMILES string of the molecule is CC.CC.COOc1cc2c(cc1O)oc1cc3c(cc12)oc1cc(O)c(O)cc13. The molecule has 0 atom stereocenters. The third-order valence-electron chi connectivity index (χ3n) is 4.41. The van der Waals surface area contributed by atoms with Crippen molar-refractivity contribution in [2.24, 2.45) is 0 Å². The lowest BCUT2D eigenvalue weighted by atomic mass is 10.1. The molecule has 2 heterocycles. The summed E-state index contributed by atoms with van der Waals surface area (Å²) in [7, 11) is 1.35. The van der Waals surface area contributed by atoms with Crippen LogP contribution in [0.4, 0.5) is 0 Å². The first kappa shape index (κ1) is 21.1. The van der Waals surface area contributed by atoms with Gasteiger partial charge in [-0.05, 0) is 24.3 Å². The minimum atomic E-state index is -0.248. The van der Waals surface area contributed by atoms with E-state index in [0.717, 1.165) is 16.2 Å².